The number of benzene rings is 2. The molecule has 0 atom stereocenters. The number of hydrogen-bond acceptors (Lipinski definition) is 5. The first kappa shape index (κ1) is 22.4. The van der Waals surface area contributed by atoms with Crippen LogP contribution in [0.15, 0.2) is 48.7 Å². The molecular formula is C25H29N3O3S. The highest BCUT2D eigenvalue weighted by atomic mass is 32.2. The number of nitrogens with zero attached hydrogens (tertiary/aromatic N) is 1. The fourth-order valence-corrected chi connectivity index (χ4v) is 5.25. The van der Waals surface area contributed by atoms with E-state index in [1.807, 2.05) is 32.2 Å². The van der Waals surface area contributed by atoms with Gasteiger partial charge in [-0.15, -0.1) is 0 Å². The van der Waals surface area contributed by atoms with Crippen LogP contribution in [0.5, 0.6) is 5.75 Å². The SMILES string of the molecule is CCOc1ccc(C(=O)Nc2ccc3cc(CNC4CCS(=O)CC4)cnc3c2C)cc1. The van der Waals surface area contributed by atoms with Crippen LogP contribution in [0.2, 0.25) is 0 Å². The molecule has 0 unspecified atom stereocenters. The van der Waals surface area contributed by atoms with Crippen molar-refractivity contribution in [1.82, 2.24) is 10.3 Å². The van der Waals surface area contributed by atoms with Crippen LogP contribution in [0.4, 0.5) is 5.69 Å². The molecule has 0 saturated carbocycles. The van der Waals surface area contributed by atoms with Crippen molar-refractivity contribution < 1.29 is 13.7 Å². The monoisotopic (exact) mass is 451 g/mol. The molecule has 1 fully saturated rings. The third-order valence-corrected chi connectivity index (χ3v) is 7.20. The number of aromatic nitrogens is 1. The lowest BCUT2D eigenvalue weighted by Crippen LogP contribution is -2.35. The van der Waals surface area contributed by atoms with E-state index >= 15 is 0 Å². The third kappa shape index (κ3) is 5.34. The Morgan fingerprint density at radius 3 is 2.62 bits per heavy atom. The first-order valence-electron chi connectivity index (χ1n) is 11.0. The highest BCUT2D eigenvalue weighted by molar-refractivity contribution is 7.85. The average molecular weight is 452 g/mol. The average Bonchev–Trinajstić information content (AvgIpc) is 2.81. The lowest BCUT2D eigenvalue weighted by molar-refractivity contribution is 0.102. The molecule has 0 radical (unpaired) electrons. The molecule has 1 saturated heterocycles. The molecule has 0 bridgehead atoms. The van der Waals surface area contributed by atoms with E-state index in [4.69, 9.17) is 4.74 Å². The predicted octanol–water partition coefficient (Wildman–Crippen LogP) is 4.19. The molecule has 0 spiro atoms. The van der Waals surface area contributed by atoms with Crippen LogP contribution >= 0.6 is 0 Å². The van der Waals surface area contributed by atoms with Crippen LogP contribution in [-0.4, -0.2) is 39.3 Å². The standard InChI is InChI=1S/C25H29N3O3S/c1-3-31-22-7-4-19(5-8-22)25(29)28-23-9-6-20-14-18(16-27-24(20)17(23)2)15-26-21-10-12-32(30)13-11-21/h4-9,14,16,21,26H,3,10-13,15H2,1-2H3,(H,28,29). The number of carbonyl (C=O) groups excluding carboxylic acids is 1. The molecule has 2 aromatic carbocycles. The lowest BCUT2D eigenvalue weighted by Gasteiger charge is -2.22. The molecule has 1 aromatic heterocycles. The van der Waals surface area contributed by atoms with Crippen molar-refractivity contribution in [2.75, 3.05) is 23.4 Å². The van der Waals surface area contributed by atoms with Crippen molar-refractivity contribution in [2.24, 2.45) is 0 Å². The van der Waals surface area contributed by atoms with Crippen LogP contribution in [0, 0.1) is 6.92 Å². The number of amides is 1. The summed E-state index contributed by atoms with van der Waals surface area (Å²) in [6, 6.07) is 13.6. The Kier molecular flexibility index (Phi) is 7.17. The molecule has 0 aliphatic carbocycles. The number of fused-ring (bicyclic) bond motifs is 1. The number of aryl methyl sites for hydroxylation is 1. The van der Waals surface area contributed by atoms with Gasteiger partial charge in [0.05, 0.1) is 12.1 Å². The van der Waals surface area contributed by atoms with Gasteiger partial charge in [-0.1, -0.05) is 6.07 Å². The Hall–Kier alpha value is -2.77. The molecular weight excluding hydrogens is 422 g/mol. The van der Waals surface area contributed by atoms with Crippen LogP contribution in [0.1, 0.15) is 41.3 Å². The quantitative estimate of drug-likeness (QED) is 0.563. The molecule has 7 heteroatoms. The fourth-order valence-electron chi connectivity index (χ4n) is 3.95. The normalized spacial score (nSPS) is 18.4. The largest absolute Gasteiger partial charge is 0.494 e. The van der Waals surface area contributed by atoms with Crippen molar-refractivity contribution in [1.29, 1.82) is 0 Å². The zero-order valence-corrected chi connectivity index (χ0v) is 19.3. The van der Waals surface area contributed by atoms with Crippen molar-refractivity contribution >= 4 is 33.3 Å². The summed E-state index contributed by atoms with van der Waals surface area (Å²) in [7, 11) is -0.639. The molecule has 168 valence electrons. The minimum atomic E-state index is -0.639. The van der Waals surface area contributed by atoms with E-state index in [2.05, 4.69) is 21.7 Å². The van der Waals surface area contributed by atoms with Gasteiger partial charge in [0.15, 0.2) is 0 Å². The smallest absolute Gasteiger partial charge is 0.255 e. The minimum Gasteiger partial charge on any atom is -0.494 e. The number of pyridine rings is 1. The van der Waals surface area contributed by atoms with Crippen LogP contribution < -0.4 is 15.4 Å². The molecule has 1 aliphatic heterocycles. The summed E-state index contributed by atoms with van der Waals surface area (Å²) in [5.41, 5.74) is 4.27. The van der Waals surface area contributed by atoms with Crippen LogP contribution in [-0.2, 0) is 17.3 Å². The van der Waals surface area contributed by atoms with Crippen molar-refractivity contribution in [3.05, 3.63) is 65.4 Å². The predicted molar refractivity (Wildman–Crippen MR) is 130 cm³/mol. The van der Waals surface area contributed by atoms with Gasteiger partial charge < -0.3 is 15.4 Å². The number of hydrogen-bond donors (Lipinski definition) is 2. The zero-order chi connectivity index (χ0) is 22.5. The Balaban J connectivity index is 1.43. The first-order valence-corrected chi connectivity index (χ1v) is 12.5. The van der Waals surface area contributed by atoms with E-state index in [9.17, 15) is 9.00 Å². The van der Waals surface area contributed by atoms with Gasteiger partial charge in [0.1, 0.15) is 5.75 Å². The number of carbonyl (C=O) groups is 1. The van der Waals surface area contributed by atoms with Gasteiger partial charge in [-0.05, 0) is 74.2 Å². The zero-order valence-electron chi connectivity index (χ0n) is 18.5. The van der Waals surface area contributed by atoms with Gasteiger partial charge in [-0.2, -0.15) is 0 Å². The molecule has 4 rings (SSSR count). The van der Waals surface area contributed by atoms with Crippen molar-refractivity contribution in [3.63, 3.8) is 0 Å². The second kappa shape index (κ2) is 10.2. The summed E-state index contributed by atoms with van der Waals surface area (Å²) < 4.78 is 17.0. The summed E-state index contributed by atoms with van der Waals surface area (Å²) in [4.78, 5) is 17.4. The Morgan fingerprint density at radius 2 is 1.91 bits per heavy atom. The van der Waals surface area contributed by atoms with Crippen LogP contribution in [0.3, 0.4) is 0 Å². The summed E-state index contributed by atoms with van der Waals surface area (Å²) in [6.45, 7) is 5.24. The summed E-state index contributed by atoms with van der Waals surface area (Å²) in [6.07, 6.45) is 3.82. The van der Waals surface area contributed by atoms with E-state index < -0.39 is 10.8 Å². The fraction of sp³-hybridized carbons (Fsp3) is 0.360. The molecule has 3 aromatic rings. The van der Waals surface area contributed by atoms with Gasteiger partial charge >= 0.3 is 0 Å². The maximum absolute atomic E-state index is 12.7. The topological polar surface area (TPSA) is 80.3 Å². The van der Waals surface area contributed by atoms with E-state index in [0.717, 1.165) is 64.4 Å². The Morgan fingerprint density at radius 1 is 1.16 bits per heavy atom. The van der Waals surface area contributed by atoms with E-state index in [1.54, 1.807) is 24.3 Å². The second-order valence-corrected chi connectivity index (χ2v) is 9.76. The van der Waals surface area contributed by atoms with Gasteiger partial charge in [0.25, 0.3) is 5.91 Å². The lowest BCUT2D eigenvalue weighted by atomic mass is 10.1. The second-order valence-electron chi connectivity index (χ2n) is 8.07. The molecule has 1 aliphatic rings. The van der Waals surface area contributed by atoms with E-state index in [1.165, 1.54) is 0 Å². The molecule has 6 nitrogen and oxygen atoms in total. The van der Waals surface area contributed by atoms with E-state index in [0.29, 0.717) is 18.2 Å². The minimum absolute atomic E-state index is 0.162. The summed E-state index contributed by atoms with van der Waals surface area (Å²) in [5.74, 6) is 2.17. The number of rotatable bonds is 7. The van der Waals surface area contributed by atoms with Crippen molar-refractivity contribution in [2.45, 2.75) is 39.3 Å². The van der Waals surface area contributed by atoms with Gasteiger partial charge in [-0.25, -0.2) is 0 Å². The Bertz CT molecular complexity index is 1120. The van der Waals surface area contributed by atoms with Crippen LogP contribution in [0.25, 0.3) is 10.9 Å². The van der Waals surface area contributed by atoms with E-state index in [-0.39, 0.29) is 5.91 Å². The van der Waals surface area contributed by atoms with Gasteiger partial charge in [-0.3, -0.25) is 14.0 Å². The maximum atomic E-state index is 12.7. The highest BCUT2D eigenvalue weighted by Gasteiger charge is 2.17. The summed E-state index contributed by atoms with van der Waals surface area (Å²) in [5, 5.41) is 7.61. The molecule has 2 heterocycles. The molecule has 1 amide bonds. The van der Waals surface area contributed by atoms with Gasteiger partial charge in [0.2, 0.25) is 0 Å². The third-order valence-electron chi connectivity index (χ3n) is 5.82. The summed E-state index contributed by atoms with van der Waals surface area (Å²) >= 11 is 0. The number of nitrogens with one attached hydrogen (secondary N) is 2. The van der Waals surface area contributed by atoms with Gasteiger partial charge in [0, 0.05) is 57.7 Å². The van der Waals surface area contributed by atoms with Crippen molar-refractivity contribution in [3.8, 4) is 5.75 Å². The first-order chi connectivity index (χ1) is 15.5. The maximum Gasteiger partial charge on any atom is 0.255 e. The number of anilines is 1. The Labute approximate surface area is 191 Å². The molecule has 32 heavy (non-hydrogen) atoms. The molecule has 2 N–H and O–H groups in total. The highest BCUT2D eigenvalue weighted by Crippen LogP contribution is 2.25. The number of ether oxygens (including phenoxy) is 1.